The third-order valence-electron chi connectivity index (χ3n) is 4.34. The van der Waals surface area contributed by atoms with E-state index in [4.69, 9.17) is 5.73 Å². The van der Waals surface area contributed by atoms with E-state index in [1.54, 1.807) is 30.1 Å². The quantitative estimate of drug-likeness (QED) is 0.578. The number of nitrogen functional groups attached to an aromatic ring is 1. The predicted octanol–water partition coefficient (Wildman–Crippen LogP) is 2.73. The number of aliphatic hydroxyl groups is 1. The summed E-state index contributed by atoms with van der Waals surface area (Å²) in [4.78, 5) is 13.6. The minimum Gasteiger partial charge on any atom is -0.378 e. The normalized spacial score (nSPS) is 13.8. The number of hydrogen-bond donors (Lipinski definition) is 2. The van der Waals surface area contributed by atoms with Gasteiger partial charge in [0.1, 0.15) is 10.6 Å². The van der Waals surface area contributed by atoms with Crippen LogP contribution in [-0.2, 0) is 5.60 Å². The van der Waals surface area contributed by atoms with Gasteiger partial charge in [0.05, 0.1) is 11.2 Å². The molecule has 0 saturated carbocycles. The smallest absolute Gasteiger partial charge is 0.221 e. The van der Waals surface area contributed by atoms with Gasteiger partial charge in [0.15, 0.2) is 5.82 Å². The largest absolute Gasteiger partial charge is 0.378 e. The third-order valence-corrected chi connectivity index (χ3v) is 5.47. The van der Waals surface area contributed by atoms with E-state index in [0.29, 0.717) is 10.8 Å². The molecule has 0 aliphatic heterocycles. The highest BCUT2D eigenvalue weighted by molar-refractivity contribution is 7.11. The van der Waals surface area contributed by atoms with Gasteiger partial charge in [-0.25, -0.2) is 14.6 Å². The van der Waals surface area contributed by atoms with Crippen molar-refractivity contribution in [3.8, 4) is 5.82 Å². The molecular weight excluding hydrogens is 348 g/mol. The maximum atomic E-state index is 11.1. The highest BCUT2D eigenvalue weighted by Crippen LogP contribution is 2.34. The van der Waals surface area contributed by atoms with E-state index in [2.05, 4.69) is 20.1 Å². The van der Waals surface area contributed by atoms with Gasteiger partial charge in [0, 0.05) is 28.7 Å². The molecule has 0 bridgehead atoms. The van der Waals surface area contributed by atoms with Crippen molar-refractivity contribution in [3.05, 3.63) is 57.8 Å². The van der Waals surface area contributed by atoms with Crippen molar-refractivity contribution in [3.63, 3.8) is 0 Å². The van der Waals surface area contributed by atoms with Crippen LogP contribution in [0.1, 0.15) is 28.1 Å². The van der Waals surface area contributed by atoms with Crippen LogP contribution in [0.15, 0.2) is 36.7 Å². The predicted molar refractivity (Wildman–Crippen MR) is 101 cm³/mol. The van der Waals surface area contributed by atoms with Crippen molar-refractivity contribution >= 4 is 28.2 Å². The third kappa shape index (κ3) is 2.63. The van der Waals surface area contributed by atoms with E-state index >= 15 is 0 Å². The second-order valence-electron chi connectivity index (χ2n) is 6.35. The van der Waals surface area contributed by atoms with Crippen molar-refractivity contribution in [2.24, 2.45) is 0 Å². The molecule has 1 unspecified atom stereocenters. The topological polar surface area (TPSA) is 103 Å². The molecule has 0 amide bonds. The molecule has 0 fully saturated rings. The summed E-state index contributed by atoms with van der Waals surface area (Å²) in [6, 6.07) is 7.54. The number of nitrogens with two attached hydrogens (primary N) is 1. The molecular formula is C18H18N6OS. The van der Waals surface area contributed by atoms with Crippen molar-refractivity contribution in [2.75, 3.05) is 5.73 Å². The molecule has 1 aromatic carbocycles. The second kappa shape index (κ2) is 5.86. The van der Waals surface area contributed by atoms with Crippen molar-refractivity contribution < 1.29 is 5.11 Å². The van der Waals surface area contributed by atoms with E-state index in [1.807, 2.05) is 32.0 Å². The van der Waals surface area contributed by atoms with Gasteiger partial charge < -0.3 is 10.8 Å². The lowest BCUT2D eigenvalue weighted by Gasteiger charge is -2.21. The van der Waals surface area contributed by atoms with Crippen LogP contribution < -0.4 is 5.73 Å². The summed E-state index contributed by atoms with van der Waals surface area (Å²) >= 11 is 1.48. The number of benzene rings is 1. The highest BCUT2D eigenvalue weighted by atomic mass is 32.1. The Kier molecular flexibility index (Phi) is 3.74. The molecule has 3 N–H and O–H groups in total. The fourth-order valence-electron chi connectivity index (χ4n) is 2.93. The van der Waals surface area contributed by atoms with Crippen LogP contribution in [0.25, 0.3) is 16.7 Å². The average molecular weight is 366 g/mol. The van der Waals surface area contributed by atoms with Crippen molar-refractivity contribution in [1.82, 2.24) is 24.7 Å². The lowest BCUT2D eigenvalue weighted by Crippen LogP contribution is -2.22. The molecule has 0 aliphatic carbocycles. The van der Waals surface area contributed by atoms with Gasteiger partial charge >= 0.3 is 0 Å². The first-order chi connectivity index (χ1) is 12.4. The first kappa shape index (κ1) is 16.6. The highest BCUT2D eigenvalue weighted by Gasteiger charge is 2.30. The lowest BCUT2D eigenvalue weighted by molar-refractivity contribution is 0.102. The summed E-state index contributed by atoms with van der Waals surface area (Å²) in [6.07, 6.45) is 3.37. The number of anilines is 1. The number of rotatable bonds is 3. The van der Waals surface area contributed by atoms with E-state index in [-0.39, 0.29) is 5.95 Å². The minimum atomic E-state index is -1.19. The Hall–Kier alpha value is -2.84. The number of nitrogens with zero attached hydrogens (tertiary/aromatic N) is 5. The Bertz CT molecular complexity index is 1110. The first-order valence-corrected chi connectivity index (χ1v) is 8.92. The molecule has 0 saturated heterocycles. The van der Waals surface area contributed by atoms with Crippen LogP contribution in [0.5, 0.6) is 0 Å². The summed E-state index contributed by atoms with van der Waals surface area (Å²) < 4.78 is 1.72. The number of aryl methyl sites for hydroxylation is 2. The Morgan fingerprint density at radius 3 is 2.69 bits per heavy atom. The molecule has 0 spiro atoms. The molecule has 3 aromatic heterocycles. The molecule has 8 heteroatoms. The standard InChI is InChI=1S/C18H18N6OS/c1-10-9-21-16(26-10)18(3,25)12-4-5-13-11(2)23-24(14(13)8-12)15-6-7-20-17(19)22-15/h4-9,25H,1-3H3,(H2,19,20,22). The monoisotopic (exact) mass is 366 g/mol. The Morgan fingerprint density at radius 2 is 2.00 bits per heavy atom. The summed E-state index contributed by atoms with van der Waals surface area (Å²) in [7, 11) is 0. The summed E-state index contributed by atoms with van der Waals surface area (Å²) in [5.41, 5.74) is 6.97. The van der Waals surface area contributed by atoms with E-state index < -0.39 is 5.60 Å². The van der Waals surface area contributed by atoms with Crippen LogP contribution in [0.2, 0.25) is 0 Å². The molecule has 26 heavy (non-hydrogen) atoms. The zero-order chi connectivity index (χ0) is 18.5. The summed E-state index contributed by atoms with van der Waals surface area (Å²) in [5, 5.41) is 17.3. The van der Waals surface area contributed by atoms with E-state index in [0.717, 1.165) is 27.0 Å². The number of hydrogen-bond acceptors (Lipinski definition) is 7. The van der Waals surface area contributed by atoms with Gasteiger partial charge in [-0.1, -0.05) is 12.1 Å². The Morgan fingerprint density at radius 1 is 1.19 bits per heavy atom. The molecule has 0 radical (unpaired) electrons. The van der Waals surface area contributed by atoms with Gasteiger partial charge in [-0.3, -0.25) is 0 Å². The van der Waals surface area contributed by atoms with Gasteiger partial charge in [-0.2, -0.15) is 10.1 Å². The van der Waals surface area contributed by atoms with Crippen LogP contribution in [0.4, 0.5) is 5.95 Å². The van der Waals surface area contributed by atoms with Crippen LogP contribution in [0, 0.1) is 13.8 Å². The van der Waals surface area contributed by atoms with Crippen molar-refractivity contribution in [1.29, 1.82) is 0 Å². The zero-order valence-electron chi connectivity index (χ0n) is 14.6. The lowest BCUT2D eigenvalue weighted by atomic mass is 9.95. The summed E-state index contributed by atoms with van der Waals surface area (Å²) in [5.74, 6) is 0.766. The fourth-order valence-corrected chi connectivity index (χ4v) is 3.77. The fraction of sp³-hybridized carbons (Fsp3) is 0.222. The van der Waals surface area contributed by atoms with E-state index in [1.165, 1.54) is 11.3 Å². The Labute approximate surface area is 154 Å². The molecule has 132 valence electrons. The molecule has 0 aliphatic rings. The van der Waals surface area contributed by atoms with Crippen LogP contribution in [0.3, 0.4) is 0 Å². The van der Waals surface area contributed by atoms with Crippen molar-refractivity contribution in [2.45, 2.75) is 26.4 Å². The zero-order valence-corrected chi connectivity index (χ0v) is 15.4. The molecule has 1 atom stereocenters. The number of aromatic nitrogens is 5. The molecule has 4 aromatic rings. The number of thiazole rings is 1. The van der Waals surface area contributed by atoms with E-state index in [9.17, 15) is 5.11 Å². The van der Waals surface area contributed by atoms with Gasteiger partial charge in [-0.05, 0) is 32.4 Å². The van der Waals surface area contributed by atoms with Crippen LogP contribution in [-0.4, -0.2) is 29.8 Å². The van der Waals surface area contributed by atoms with Gasteiger partial charge in [0.25, 0.3) is 0 Å². The first-order valence-electron chi connectivity index (χ1n) is 8.10. The molecule has 4 rings (SSSR count). The average Bonchev–Trinajstić information content (AvgIpc) is 3.19. The molecule has 7 nitrogen and oxygen atoms in total. The maximum Gasteiger partial charge on any atom is 0.221 e. The minimum absolute atomic E-state index is 0.185. The maximum absolute atomic E-state index is 11.1. The van der Waals surface area contributed by atoms with Gasteiger partial charge in [-0.15, -0.1) is 11.3 Å². The van der Waals surface area contributed by atoms with Crippen LogP contribution >= 0.6 is 11.3 Å². The Balaban J connectivity index is 1.90. The second-order valence-corrected chi connectivity index (χ2v) is 7.59. The van der Waals surface area contributed by atoms with Gasteiger partial charge in [0.2, 0.25) is 5.95 Å². The molecule has 3 heterocycles. The number of fused-ring (bicyclic) bond motifs is 1. The summed E-state index contributed by atoms with van der Waals surface area (Å²) in [6.45, 7) is 5.66. The SMILES string of the molecule is Cc1cnc(C(C)(O)c2ccc3c(C)nn(-c4ccnc(N)n4)c3c2)s1.